The van der Waals surface area contributed by atoms with E-state index in [1.165, 1.54) is 12.1 Å². The Bertz CT molecular complexity index is 1340. The van der Waals surface area contributed by atoms with Gasteiger partial charge in [-0.25, -0.2) is 9.37 Å². The van der Waals surface area contributed by atoms with Crippen molar-refractivity contribution in [2.75, 3.05) is 0 Å². The molecule has 1 aliphatic rings. The molecule has 8 heteroatoms. The largest absolute Gasteiger partial charge is 0.458 e. The first-order chi connectivity index (χ1) is 16.4. The molecule has 0 spiro atoms. The van der Waals surface area contributed by atoms with Gasteiger partial charge in [0.2, 0.25) is 5.95 Å². The van der Waals surface area contributed by atoms with E-state index in [9.17, 15) is 14.3 Å². The highest BCUT2D eigenvalue weighted by atomic mass is 19.1. The number of aliphatic hydroxyl groups excluding tert-OH is 1. The number of para-hydroxylation sites is 2. The van der Waals surface area contributed by atoms with Gasteiger partial charge in [-0.2, -0.15) is 9.78 Å². The summed E-state index contributed by atoms with van der Waals surface area (Å²) in [5, 5.41) is 14.9. The second kappa shape index (κ2) is 8.87. The number of aromatic amines is 1. The summed E-state index contributed by atoms with van der Waals surface area (Å²) < 4.78 is 20.9. The van der Waals surface area contributed by atoms with Gasteiger partial charge in [-0.15, -0.1) is 0 Å². The predicted octanol–water partition coefficient (Wildman–Crippen LogP) is 4.76. The molecule has 2 atom stereocenters. The molecular weight excluding hydrogens is 435 g/mol. The molecular formula is C26H25FN4O3. The van der Waals surface area contributed by atoms with Crippen LogP contribution in [0.4, 0.5) is 4.39 Å². The highest BCUT2D eigenvalue weighted by Gasteiger charge is 2.27. The molecule has 0 saturated carbocycles. The summed E-state index contributed by atoms with van der Waals surface area (Å²) in [6.45, 7) is 4.09. The highest BCUT2D eigenvalue weighted by Crippen LogP contribution is 2.34. The first-order valence-electron chi connectivity index (χ1n) is 11.3. The monoisotopic (exact) mass is 460 g/mol. The molecule has 0 unspecified atom stereocenters. The first kappa shape index (κ1) is 22.0. The van der Waals surface area contributed by atoms with Gasteiger partial charge in [0, 0.05) is 17.5 Å². The van der Waals surface area contributed by atoms with Crippen molar-refractivity contribution in [1.29, 1.82) is 0 Å². The van der Waals surface area contributed by atoms with Crippen LogP contribution in [-0.4, -0.2) is 43.0 Å². The molecule has 2 aromatic carbocycles. The molecule has 0 bridgehead atoms. The van der Waals surface area contributed by atoms with Gasteiger partial charge in [-0.1, -0.05) is 32.1 Å². The predicted molar refractivity (Wildman–Crippen MR) is 127 cm³/mol. The fourth-order valence-corrected chi connectivity index (χ4v) is 4.25. The molecule has 0 radical (unpaired) electrons. The summed E-state index contributed by atoms with van der Waals surface area (Å²) >= 11 is 0. The number of aliphatic hydroxyl groups is 1. The van der Waals surface area contributed by atoms with Crippen LogP contribution < -0.4 is 0 Å². The Kier molecular flexibility index (Phi) is 5.75. The van der Waals surface area contributed by atoms with Crippen LogP contribution >= 0.6 is 0 Å². The molecule has 1 saturated heterocycles. The van der Waals surface area contributed by atoms with Crippen LogP contribution in [0.5, 0.6) is 0 Å². The summed E-state index contributed by atoms with van der Waals surface area (Å²) in [5.41, 5.74) is 4.83. The maximum atomic E-state index is 13.7. The second-order valence-corrected chi connectivity index (χ2v) is 8.78. The Morgan fingerprint density at radius 2 is 1.97 bits per heavy atom. The second-order valence-electron chi connectivity index (χ2n) is 8.78. The zero-order valence-corrected chi connectivity index (χ0v) is 18.9. The lowest BCUT2D eigenvalue weighted by Gasteiger charge is -2.23. The van der Waals surface area contributed by atoms with Crippen molar-refractivity contribution >= 4 is 23.1 Å². The van der Waals surface area contributed by atoms with Crippen molar-refractivity contribution in [3.63, 3.8) is 0 Å². The molecule has 2 N–H and O–H groups in total. The van der Waals surface area contributed by atoms with Crippen molar-refractivity contribution in [3.05, 3.63) is 71.7 Å². The summed E-state index contributed by atoms with van der Waals surface area (Å²) in [6.07, 6.45) is 2.73. The minimum atomic E-state index is -0.727. The van der Waals surface area contributed by atoms with E-state index >= 15 is 0 Å². The number of hydrogen-bond acceptors (Lipinski definition) is 5. The number of halogens is 1. The molecule has 7 nitrogen and oxygen atoms in total. The molecule has 0 aliphatic carbocycles. The van der Waals surface area contributed by atoms with E-state index in [4.69, 9.17) is 14.8 Å². The molecule has 3 heterocycles. The average molecular weight is 461 g/mol. The van der Waals surface area contributed by atoms with Crippen molar-refractivity contribution in [1.82, 2.24) is 19.7 Å². The minimum absolute atomic E-state index is 0.00635. The maximum Gasteiger partial charge on any atom is 0.309 e. The molecule has 4 aromatic rings. The fraction of sp³-hybridized carbons (Fsp3) is 0.269. The van der Waals surface area contributed by atoms with E-state index in [0.717, 1.165) is 33.5 Å². The summed E-state index contributed by atoms with van der Waals surface area (Å²) in [4.78, 5) is 19.8. The lowest BCUT2D eigenvalue weighted by atomic mass is 9.98. The Morgan fingerprint density at radius 1 is 1.21 bits per heavy atom. The standard InChI is InChI=1S/C26H25FN4O3/c1-15(2)24-20(12-11-19-13-18(32)14-23(33)34-19)25(16-7-9-17(27)10-8-16)31(30-24)26-28-21-5-3-4-6-22(21)29-26/h3-12,15,18-19,32H,13-14H2,1-2H3,(H,28,29)/t18-,19-/m1/s1. The number of nitrogens with zero attached hydrogens (tertiary/aromatic N) is 3. The number of nitrogens with one attached hydrogen (secondary N) is 1. The minimum Gasteiger partial charge on any atom is -0.458 e. The number of cyclic esters (lactones) is 1. The van der Waals surface area contributed by atoms with Gasteiger partial charge in [0.1, 0.15) is 11.9 Å². The van der Waals surface area contributed by atoms with Crippen LogP contribution in [0, 0.1) is 5.82 Å². The van der Waals surface area contributed by atoms with E-state index in [1.807, 2.05) is 44.2 Å². The van der Waals surface area contributed by atoms with Gasteiger partial charge in [0.05, 0.1) is 34.9 Å². The van der Waals surface area contributed by atoms with Crippen LogP contribution in [0.25, 0.3) is 34.3 Å². The van der Waals surface area contributed by atoms with Gasteiger partial charge in [-0.3, -0.25) is 4.79 Å². The third kappa shape index (κ3) is 4.24. The van der Waals surface area contributed by atoms with Crippen LogP contribution in [-0.2, 0) is 9.53 Å². The van der Waals surface area contributed by atoms with E-state index in [1.54, 1.807) is 22.9 Å². The molecule has 174 valence electrons. The molecule has 1 aliphatic heterocycles. The SMILES string of the molecule is CC(C)c1nn(-c2nc3ccccc3[nH]2)c(-c2ccc(F)cc2)c1C=C[C@@H]1C[C@@H](O)CC(=O)O1. The highest BCUT2D eigenvalue weighted by molar-refractivity contribution is 5.79. The van der Waals surface area contributed by atoms with E-state index < -0.39 is 18.2 Å². The van der Waals surface area contributed by atoms with Crippen molar-refractivity contribution < 1.29 is 19.0 Å². The molecule has 2 aromatic heterocycles. The number of imidazole rings is 1. The summed E-state index contributed by atoms with van der Waals surface area (Å²) in [7, 11) is 0. The van der Waals surface area contributed by atoms with E-state index in [0.29, 0.717) is 12.4 Å². The number of aromatic nitrogens is 4. The molecule has 1 fully saturated rings. The first-order valence-corrected chi connectivity index (χ1v) is 11.3. The number of carbonyl (C=O) groups is 1. The van der Waals surface area contributed by atoms with E-state index in [-0.39, 0.29) is 18.2 Å². The smallest absolute Gasteiger partial charge is 0.309 e. The Balaban J connectivity index is 1.68. The van der Waals surface area contributed by atoms with Gasteiger partial charge < -0.3 is 14.8 Å². The molecule has 0 amide bonds. The third-order valence-electron chi connectivity index (χ3n) is 5.86. The number of esters is 1. The molecule has 34 heavy (non-hydrogen) atoms. The zero-order chi connectivity index (χ0) is 23.8. The average Bonchev–Trinajstić information content (AvgIpc) is 3.39. The number of hydrogen-bond donors (Lipinski definition) is 2. The fourth-order valence-electron chi connectivity index (χ4n) is 4.25. The summed E-state index contributed by atoms with van der Waals surface area (Å²) in [6, 6.07) is 13.9. The Morgan fingerprint density at radius 3 is 2.68 bits per heavy atom. The molecule has 5 rings (SSSR count). The van der Waals surface area contributed by atoms with Crippen LogP contribution in [0.15, 0.2) is 54.6 Å². The number of carbonyl (C=O) groups excluding carboxylic acids is 1. The summed E-state index contributed by atoms with van der Waals surface area (Å²) in [5.74, 6) is -0.136. The Hall–Kier alpha value is -3.78. The van der Waals surface area contributed by atoms with Gasteiger partial charge in [0.15, 0.2) is 0 Å². The van der Waals surface area contributed by atoms with Crippen LogP contribution in [0.2, 0.25) is 0 Å². The Labute approximate surface area is 195 Å². The normalized spacial score (nSPS) is 18.8. The number of rotatable bonds is 5. The van der Waals surface area contributed by atoms with Gasteiger partial charge >= 0.3 is 5.97 Å². The van der Waals surface area contributed by atoms with Crippen molar-refractivity contribution in [3.8, 4) is 17.2 Å². The number of ether oxygens (including phenoxy) is 1. The van der Waals surface area contributed by atoms with Gasteiger partial charge in [-0.05, 0) is 48.4 Å². The quantitative estimate of drug-likeness (QED) is 0.419. The lowest BCUT2D eigenvalue weighted by molar-refractivity contribution is -0.156. The van der Waals surface area contributed by atoms with Crippen molar-refractivity contribution in [2.45, 2.75) is 44.8 Å². The number of benzene rings is 2. The lowest BCUT2D eigenvalue weighted by Crippen LogP contribution is -2.31. The third-order valence-corrected chi connectivity index (χ3v) is 5.86. The van der Waals surface area contributed by atoms with Crippen LogP contribution in [0.1, 0.15) is 43.9 Å². The zero-order valence-electron chi connectivity index (χ0n) is 18.9. The number of fused-ring (bicyclic) bond motifs is 1. The topological polar surface area (TPSA) is 93.0 Å². The number of H-pyrrole nitrogens is 1. The maximum absolute atomic E-state index is 13.7. The van der Waals surface area contributed by atoms with Crippen LogP contribution in [0.3, 0.4) is 0 Å². The van der Waals surface area contributed by atoms with Crippen molar-refractivity contribution in [2.24, 2.45) is 0 Å². The van der Waals surface area contributed by atoms with E-state index in [2.05, 4.69) is 4.98 Å². The van der Waals surface area contributed by atoms with Gasteiger partial charge in [0.25, 0.3) is 0 Å².